The van der Waals surface area contributed by atoms with E-state index >= 15 is 0 Å². The Morgan fingerprint density at radius 2 is 1.71 bits per heavy atom. The Labute approximate surface area is 172 Å². The van der Waals surface area contributed by atoms with Crippen molar-refractivity contribution in [3.05, 3.63) is 29.3 Å². The van der Waals surface area contributed by atoms with Crippen LogP contribution in [0.4, 0.5) is 0 Å². The number of fused-ring (bicyclic) bond motifs is 1. The maximum absolute atomic E-state index is 13.2. The van der Waals surface area contributed by atoms with Crippen LogP contribution in [0, 0.1) is 0 Å². The van der Waals surface area contributed by atoms with Crippen molar-refractivity contribution in [1.82, 2.24) is 14.1 Å². The molecule has 1 saturated carbocycles. The molecule has 5 nitrogen and oxygen atoms in total. The van der Waals surface area contributed by atoms with E-state index in [2.05, 4.69) is 28.0 Å². The van der Waals surface area contributed by atoms with Crippen molar-refractivity contribution in [3.63, 3.8) is 0 Å². The second-order valence-corrected chi connectivity index (χ2v) is 9.34. The third kappa shape index (κ3) is 3.86. The second-order valence-electron chi connectivity index (χ2n) is 7.92. The minimum atomic E-state index is -1.14. The maximum atomic E-state index is 13.2. The van der Waals surface area contributed by atoms with Crippen molar-refractivity contribution >= 4 is 16.9 Å². The molecule has 2 fully saturated rings. The van der Waals surface area contributed by atoms with Gasteiger partial charge in [-0.05, 0) is 55.4 Å². The molecule has 5 rings (SSSR count). The van der Waals surface area contributed by atoms with Crippen molar-refractivity contribution < 1.29 is 4.21 Å². The monoisotopic (exact) mass is 402 g/mol. The van der Waals surface area contributed by atoms with Crippen LogP contribution >= 0.6 is 0 Å². The lowest BCUT2D eigenvalue weighted by Crippen LogP contribution is -2.55. The van der Waals surface area contributed by atoms with Gasteiger partial charge in [0.05, 0.1) is 18.0 Å². The van der Waals surface area contributed by atoms with Gasteiger partial charge in [0.1, 0.15) is 0 Å². The minimum absolute atomic E-state index is 0.759. The van der Waals surface area contributed by atoms with E-state index in [-0.39, 0.29) is 0 Å². The first kappa shape index (κ1) is 19.9. The summed E-state index contributed by atoms with van der Waals surface area (Å²) in [5.74, 6) is 0.956. The summed E-state index contributed by atoms with van der Waals surface area (Å²) in [6.45, 7) is 9.77. The van der Waals surface area contributed by atoms with Crippen LogP contribution < -0.4 is 0 Å². The van der Waals surface area contributed by atoms with Crippen LogP contribution in [0.5, 0.6) is 0 Å². The minimum Gasteiger partial charge on any atom is -0.339 e. The van der Waals surface area contributed by atoms with Crippen molar-refractivity contribution in [2.45, 2.75) is 63.3 Å². The first-order valence-corrected chi connectivity index (χ1v) is 12.2. The standard InChI is InChI=1S/C20H28N4OS.C2H6/c25-26(19-8-7-16-3-1-4-17(16)15-19)24-10-9-21-20(24)23-13-11-22(12-14-23)18-5-2-6-18;1-2/h7-8,15,18H,1-6,9-14H2;1-2H3. The van der Waals surface area contributed by atoms with Crippen molar-refractivity contribution in [2.24, 2.45) is 4.99 Å². The zero-order chi connectivity index (χ0) is 19.5. The Morgan fingerprint density at radius 3 is 2.43 bits per heavy atom. The number of benzene rings is 1. The molecule has 0 spiro atoms. The molecular formula is C22H34N4OS. The molecule has 0 N–H and O–H groups in total. The van der Waals surface area contributed by atoms with Crippen LogP contribution in [-0.4, -0.2) is 69.6 Å². The number of aliphatic imine (C=N–C) groups is 1. The summed E-state index contributed by atoms with van der Waals surface area (Å²) in [4.78, 5) is 10.6. The van der Waals surface area contributed by atoms with E-state index in [4.69, 9.17) is 4.99 Å². The van der Waals surface area contributed by atoms with E-state index in [1.54, 1.807) is 0 Å². The highest BCUT2D eigenvalue weighted by Crippen LogP contribution is 2.28. The second kappa shape index (κ2) is 8.95. The summed E-state index contributed by atoms with van der Waals surface area (Å²) in [5.41, 5.74) is 2.83. The Bertz CT molecular complexity index is 738. The number of piperazine rings is 1. The SMILES string of the molecule is CC.O=S(c1ccc2c(c1)CCC2)N1CCN=C1N1CCN(C2CCC2)CC1. The number of aryl methyl sites for hydroxylation is 2. The summed E-state index contributed by atoms with van der Waals surface area (Å²) in [5, 5.41) is 0. The van der Waals surface area contributed by atoms with E-state index in [0.29, 0.717) is 0 Å². The van der Waals surface area contributed by atoms with Gasteiger partial charge in [-0.3, -0.25) is 14.2 Å². The zero-order valence-electron chi connectivity index (χ0n) is 17.4. The molecule has 2 aliphatic carbocycles. The van der Waals surface area contributed by atoms with Gasteiger partial charge in [0.25, 0.3) is 0 Å². The predicted molar refractivity (Wildman–Crippen MR) is 116 cm³/mol. The van der Waals surface area contributed by atoms with Gasteiger partial charge in [0.15, 0.2) is 11.0 Å². The quantitative estimate of drug-likeness (QED) is 0.780. The molecule has 1 unspecified atom stereocenters. The van der Waals surface area contributed by atoms with Crippen LogP contribution in [0.25, 0.3) is 0 Å². The molecule has 2 heterocycles. The predicted octanol–water partition coefficient (Wildman–Crippen LogP) is 3.07. The smallest absolute Gasteiger partial charge is 0.209 e. The van der Waals surface area contributed by atoms with E-state index in [1.807, 2.05) is 18.2 Å². The van der Waals surface area contributed by atoms with E-state index in [1.165, 1.54) is 43.2 Å². The summed E-state index contributed by atoms with van der Waals surface area (Å²) in [6.07, 6.45) is 7.66. The third-order valence-electron chi connectivity index (χ3n) is 6.44. The van der Waals surface area contributed by atoms with Crippen LogP contribution in [-0.2, 0) is 23.8 Å². The summed E-state index contributed by atoms with van der Waals surface area (Å²) in [7, 11) is -1.14. The molecule has 4 aliphatic rings. The Kier molecular flexibility index (Phi) is 6.36. The molecule has 0 bridgehead atoms. The topological polar surface area (TPSA) is 39.2 Å². The highest BCUT2D eigenvalue weighted by molar-refractivity contribution is 7.83. The van der Waals surface area contributed by atoms with Crippen molar-refractivity contribution in [3.8, 4) is 0 Å². The van der Waals surface area contributed by atoms with Gasteiger partial charge in [-0.15, -0.1) is 0 Å². The van der Waals surface area contributed by atoms with Crippen LogP contribution in [0.3, 0.4) is 0 Å². The van der Waals surface area contributed by atoms with Crippen LogP contribution in [0.1, 0.15) is 50.7 Å². The number of hydrogen-bond acceptors (Lipinski definition) is 4. The molecule has 1 atom stereocenters. The van der Waals surface area contributed by atoms with E-state index in [0.717, 1.165) is 62.6 Å². The first-order valence-electron chi connectivity index (χ1n) is 11.1. The zero-order valence-corrected chi connectivity index (χ0v) is 18.2. The fourth-order valence-electron chi connectivity index (χ4n) is 4.66. The van der Waals surface area contributed by atoms with Gasteiger partial charge in [-0.1, -0.05) is 26.3 Å². The van der Waals surface area contributed by atoms with Crippen LogP contribution in [0.15, 0.2) is 28.1 Å². The molecule has 154 valence electrons. The maximum Gasteiger partial charge on any atom is 0.209 e. The lowest BCUT2D eigenvalue weighted by atomic mass is 9.91. The summed E-state index contributed by atoms with van der Waals surface area (Å²) < 4.78 is 15.3. The number of rotatable bonds is 3. The van der Waals surface area contributed by atoms with Gasteiger partial charge in [-0.25, -0.2) is 4.21 Å². The molecule has 28 heavy (non-hydrogen) atoms. The number of hydrogen-bond donors (Lipinski definition) is 0. The molecule has 2 aliphatic heterocycles. The molecule has 0 amide bonds. The molecule has 0 aromatic heterocycles. The molecule has 1 saturated heterocycles. The number of nitrogens with zero attached hydrogens (tertiary/aromatic N) is 4. The molecule has 0 radical (unpaired) electrons. The largest absolute Gasteiger partial charge is 0.339 e. The van der Waals surface area contributed by atoms with Crippen molar-refractivity contribution in [1.29, 1.82) is 0 Å². The van der Waals surface area contributed by atoms with Gasteiger partial charge in [0, 0.05) is 32.2 Å². The van der Waals surface area contributed by atoms with Gasteiger partial charge < -0.3 is 4.90 Å². The summed E-state index contributed by atoms with van der Waals surface area (Å²) >= 11 is 0. The fourth-order valence-corrected chi connectivity index (χ4v) is 5.91. The normalized spacial score (nSPS) is 23.6. The Morgan fingerprint density at radius 1 is 0.964 bits per heavy atom. The molecule has 1 aromatic carbocycles. The van der Waals surface area contributed by atoms with Gasteiger partial charge in [0.2, 0.25) is 5.96 Å². The average Bonchev–Trinajstić information content (AvgIpc) is 3.37. The lowest BCUT2D eigenvalue weighted by molar-refractivity contribution is 0.0834. The third-order valence-corrected chi connectivity index (χ3v) is 7.84. The van der Waals surface area contributed by atoms with Crippen molar-refractivity contribution in [2.75, 3.05) is 39.3 Å². The Hall–Kier alpha value is -1.40. The Balaban J connectivity index is 0.000000932. The molecule has 1 aromatic rings. The highest BCUT2D eigenvalue weighted by Gasteiger charge is 2.33. The first-order chi connectivity index (χ1) is 13.8. The van der Waals surface area contributed by atoms with Crippen LogP contribution in [0.2, 0.25) is 0 Å². The summed E-state index contributed by atoms with van der Waals surface area (Å²) in [6, 6.07) is 7.23. The lowest BCUT2D eigenvalue weighted by Gasteiger charge is -2.44. The fraction of sp³-hybridized carbons (Fsp3) is 0.682. The van der Waals surface area contributed by atoms with E-state index in [9.17, 15) is 4.21 Å². The highest BCUT2D eigenvalue weighted by atomic mass is 32.2. The van der Waals surface area contributed by atoms with E-state index < -0.39 is 11.0 Å². The average molecular weight is 403 g/mol. The van der Waals surface area contributed by atoms with Gasteiger partial charge >= 0.3 is 0 Å². The molecule has 6 heteroatoms. The number of guanidine groups is 1. The van der Waals surface area contributed by atoms with Gasteiger partial charge in [-0.2, -0.15) is 0 Å². The molecular weight excluding hydrogens is 368 g/mol.